The molecule has 166 valence electrons. The highest BCUT2D eigenvalue weighted by Gasteiger charge is 2.40. The molecule has 2 heterocycles. The first-order valence-corrected chi connectivity index (χ1v) is 12.0. The van der Waals surface area contributed by atoms with Crippen molar-refractivity contribution < 1.29 is 14.3 Å². The van der Waals surface area contributed by atoms with E-state index < -0.39 is 11.5 Å². The number of halogens is 1. The number of H-pyrrole nitrogens is 1. The lowest BCUT2D eigenvalue weighted by Gasteiger charge is -2.33. The first kappa shape index (κ1) is 21.4. The fraction of sp³-hybridized carbons (Fsp3) is 0.385. The summed E-state index contributed by atoms with van der Waals surface area (Å²) in [6.45, 7) is 7.67. The molecule has 1 unspecified atom stereocenters. The van der Waals surface area contributed by atoms with Crippen LogP contribution in [0.2, 0.25) is 0 Å². The second kappa shape index (κ2) is 7.85. The summed E-state index contributed by atoms with van der Waals surface area (Å²) < 4.78 is 7.24. The Morgan fingerprint density at radius 1 is 1.16 bits per heavy atom. The highest BCUT2D eigenvalue weighted by atomic mass is 79.9. The molecule has 1 atom stereocenters. The smallest absolute Gasteiger partial charge is 0.195 e. The normalized spacial score (nSPS) is 18.8. The fourth-order valence-electron chi connectivity index (χ4n) is 5.26. The molecular formula is C26H27BrN2O3. The predicted molar refractivity (Wildman–Crippen MR) is 129 cm³/mol. The number of aromatic nitrogens is 1. The van der Waals surface area contributed by atoms with Gasteiger partial charge in [0.2, 0.25) is 0 Å². The van der Waals surface area contributed by atoms with E-state index in [0.717, 1.165) is 58.1 Å². The molecule has 1 aliphatic carbocycles. The van der Waals surface area contributed by atoms with Crippen LogP contribution in [0.5, 0.6) is 5.75 Å². The third kappa shape index (κ3) is 3.41. The maximum absolute atomic E-state index is 13.5. The lowest BCUT2D eigenvalue weighted by molar-refractivity contribution is -0.126. The van der Waals surface area contributed by atoms with Crippen LogP contribution in [0.15, 0.2) is 40.9 Å². The van der Waals surface area contributed by atoms with E-state index in [0.29, 0.717) is 11.3 Å². The van der Waals surface area contributed by atoms with E-state index in [2.05, 4.69) is 40.1 Å². The molecule has 0 amide bonds. The van der Waals surface area contributed by atoms with Gasteiger partial charge in [-0.2, -0.15) is 0 Å². The molecule has 5 rings (SSSR count). The summed E-state index contributed by atoms with van der Waals surface area (Å²) in [5.41, 5.74) is 3.81. The molecule has 1 aliphatic heterocycles. The summed E-state index contributed by atoms with van der Waals surface area (Å²) in [7, 11) is 0. The van der Waals surface area contributed by atoms with E-state index in [1.165, 1.54) is 0 Å². The SMILES string of the molecule is CC(=O)C(Oc1ccc2c(c1)C(C)(C)c1[nH]c3cc(Br)ccc3c1C2=O)C1CCNCC1. The lowest BCUT2D eigenvalue weighted by atomic mass is 9.71. The number of aromatic amines is 1. The largest absolute Gasteiger partial charge is 0.482 e. The molecule has 2 aromatic carbocycles. The van der Waals surface area contributed by atoms with Crippen molar-refractivity contribution in [1.29, 1.82) is 0 Å². The number of carbonyl (C=O) groups is 2. The number of hydrogen-bond acceptors (Lipinski definition) is 4. The van der Waals surface area contributed by atoms with Crippen molar-refractivity contribution >= 4 is 38.4 Å². The van der Waals surface area contributed by atoms with Gasteiger partial charge in [0.05, 0.1) is 5.56 Å². The number of ketones is 2. The monoisotopic (exact) mass is 494 g/mol. The average molecular weight is 495 g/mol. The van der Waals surface area contributed by atoms with Crippen molar-refractivity contribution in [3.8, 4) is 5.75 Å². The number of rotatable bonds is 4. The van der Waals surface area contributed by atoms with Crippen molar-refractivity contribution in [2.45, 2.75) is 45.1 Å². The number of nitrogens with one attached hydrogen (secondary N) is 2. The Hall–Kier alpha value is -2.44. The van der Waals surface area contributed by atoms with Crippen LogP contribution >= 0.6 is 15.9 Å². The summed E-state index contributed by atoms with van der Waals surface area (Å²) in [6, 6.07) is 11.6. The first-order chi connectivity index (χ1) is 15.3. The zero-order valence-electron chi connectivity index (χ0n) is 18.5. The van der Waals surface area contributed by atoms with Crippen LogP contribution in [0.25, 0.3) is 10.9 Å². The second-order valence-corrected chi connectivity index (χ2v) is 10.4. The number of ether oxygens (including phenoxy) is 1. The second-order valence-electron chi connectivity index (χ2n) is 9.46. The molecule has 0 saturated carbocycles. The van der Waals surface area contributed by atoms with Crippen LogP contribution in [0.4, 0.5) is 0 Å². The van der Waals surface area contributed by atoms with E-state index >= 15 is 0 Å². The number of benzene rings is 2. The van der Waals surface area contributed by atoms with Crippen molar-refractivity contribution in [2.24, 2.45) is 5.92 Å². The lowest BCUT2D eigenvalue weighted by Crippen LogP contribution is -2.40. The van der Waals surface area contributed by atoms with Crippen LogP contribution in [0.1, 0.15) is 60.8 Å². The van der Waals surface area contributed by atoms with E-state index in [1.54, 1.807) is 6.92 Å². The Morgan fingerprint density at radius 3 is 2.62 bits per heavy atom. The van der Waals surface area contributed by atoms with Crippen LogP contribution in [-0.2, 0) is 10.2 Å². The standard InChI is InChI=1S/C26H27BrN2O3/c1-14(30)24(15-8-10-28-11-9-15)32-17-5-7-18-20(13-17)26(2,3)25-22(23(18)31)19-6-4-16(27)12-21(19)29-25/h4-7,12-13,15,24,28-29H,8-11H2,1-3H3. The summed E-state index contributed by atoms with van der Waals surface area (Å²) in [5.74, 6) is 0.924. The minimum absolute atomic E-state index is 0.0240. The van der Waals surface area contributed by atoms with E-state index in [-0.39, 0.29) is 17.5 Å². The molecule has 32 heavy (non-hydrogen) atoms. The molecule has 1 saturated heterocycles. The number of Topliss-reactive ketones (excluding diaryl/α,β-unsaturated/α-hetero) is 1. The Morgan fingerprint density at radius 2 is 1.91 bits per heavy atom. The molecule has 2 N–H and O–H groups in total. The Kier molecular flexibility index (Phi) is 5.25. The number of fused-ring (bicyclic) bond motifs is 4. The molecule has 0 spiro atoms. The molecule has 6 heteroatoms. The molecule has 0 radical (unpaired) electrons. The zero-order chi connectivity index (χ0) is 22.6. The summed E-state index contributed by atoms with van der Waals surface area (Å²) >= 11 is 3.52. The third-order valence-electron chi connectivity index (χ3n) is 7.00. The van der Waals surface area contributed by atoms with Crippen LogP contribution in [0, 0.1) is 5.92 Å². The highest BCUT2D eigenvalue weighted by Crippen LogP contribution is 2.45. The summed E-state index contributed by atoms with van der Waals surface area (Å²) in [6.07, 6.45) is 1.39. The molecular weight excluding hydrogens is 468 g/mol. The van der Waals surface area contributed by atoms with E-state index in [1.807, 2.05) is 36.4 Å². The van der Waals surface area contributed by atoms with Gasteiger partial charge in [0.1, 0.15) is 5.75 Å². The Bertz CT molecular complexity index is 1240. The quantitative estimate of drug-likeness (QED) is 0.526. The van der Waals surface area contributed by atoms with Gasteiger partial charge in [-0.25, -0.2) is 0 Å². The van der Waals surface area contributed by atoms with Crippen molar-refractivity contribution in [3.63, 3.8) is 0 Å². The van der Waals surface area contributed by atoms with E-state index in [9.17, 15) is 9.59 Å². The minimum atomic E-state index is -0.460. The van der Waals surface area contributed by atoms with Crippen LogP contribution < -0.4 is 10.1 Å². The van der Waals surface area contributed by atoms with Gasteiger partial charge in [0.25, 0.3) is 0 Å². The fourth-order valence-corrected chi connectivity index (χ4v) is 5.62. The van der Waals surface area contributed by atoms with Gasteiger partial charge in [0, 0.05) is 38.0 Å². The molecule has 1 fully saturated rings. The van der Waals surface area contributed by atoms with Crippen molar-refractivity contribution in [1.82, 2.24) is 10.3 Å². The molecule has 0 bridgehead atoms. The van der Waals surface area contributed by atoms with Gasteiger partial charge in [0.15, 0.2) is 17.7 Å². The van der Waals surface area contributed by atoms with Gasteiger partial charge in [-0.05, 0) is 68.8 Å². The molecule has 2 aliphatic rings. The number of hydrogen-bond donors (Lipinski definition) is 2. The molecule has 3 aromatic rings. The van der Waals surface area contributed by atoms with Gasteiger partial charge >= 0.3 is 0 Å². The van der Waals surface area contributed by atoms with Crippen LogP contribution in [-0.4, -0.2) is 35.7 Å². The number of carbonyl (C=O) groups excluding carboxylic acids is 2. The summed E-state index contributed by atoms with van der Waals surface area (Å²) in [5, 5.41) is 4.28. The predicted octanol–water partition coefficient (Wildman–Crippen LogP) is 5.14. The topological polar surface area (TPSA) is 71.2 Å². The van der Waals surface area contributed by atoms with Crippen LogP contribution in [0.3, 0.4) is 0 Å². The van der Waals surface area contributed by atoms with Gasteiger partial charge < -0.3 is 15.0 Å². The Labute approximate surface area is 196 Å². The maximum atomic E-state index is 13.5. The average Bonchev–Trinajstić information content (AvgIpc) is 3.16. The maximum Gasteiger partial charge on any atom is 0.195 e. The van der Waals surface area contributed by atoms with E-state index in [4.69, 9.17) is 4.74 Å². The molecule has 1 aromatic heterocycles. The van der Waals surface area contributed by atoms with Crippen molar-refractivity contribution in [3.05, 3.63) is 63.3 Å². The van der Waals surface area contributed by atoms with Gasteiger partial charge in [-0.3, -0.25) is 9.59 Å². The molecule has 5 nitrogen and oxygen atoms in total. The zero-order valence-corrected chi connectivity index (χ0v) is 20.1. The number of piperidine rings is 1. The van der Waals surface area contributed by atoms with Crippen molar-refractivity contribution in [2.75, 3.05) is 13.1 Å². The summed E-state index contributed by atoms with van der Waals surface area (Å²) in [4.78, 5) is 29.4. The first-order valence-electron chi connectivity index (χ1n) is 11.2. The van der Waals surface area contributed by atoms with Gasteiger partial charge in [-0.1, -0.05) is 35.8 Å². The van der Waals surface area contributed by atoms with Gasteiger partial charge in [-0.15, -0.1) is 0 Å². The third-order valence-corrected chi connectivity index (χ3v) is 7.49. The Balaban J connectivity index is 1.55. The highest BCUT2D eigenvalue weighted by molar-refractivity contribution is 9.10. The minimum Gasteiger partial charge on any atom is -0.482 e.